The van der Waals surface area contributed by atoms with Gasteiger partial charge in [-0.15, -0.1) is 46.9 Å². The van der Waals surface area contributed by atoms with Gasteiger partial charge in [-0.3, -0.25) is 0 Å². The standard InChI is InChI=1S/C13H13.ClH.Zr/c1-9-5-12-7-10-3-2-4-11(10)8-13(12)6-9;;/h5-8H,2-4H2,1H3;1H;/q-1;;. The summed E-state index contributed by atoms with van der Waals surface area (Å²) in [5.41, 5.74) is 4.55. The minimum absolute atomic E-state index is 0. The summed E-state index contributed by atoms with van der Waals surface area (Å²) in [6.07, 6.45) is 3.92. The molecule has 0 saturated carbocycles. The second-order valence-electron chi connectivity index (χ2n) is 4.14. The van der Waals surface area contributed by atoms with Gasteiger partial charge in [0.15, 0.2) is 0 Å². The van der Waals surface area contributed by atoms with Crippen LogP contribution in [-0.4, -0.2) is 0 Å². The molecular weight excluding hydrogens is 283 g/mol. The molecule has 0 nitrogen and oxygen atoms in total. The Morgan fingerprint density at radius 3 is 2.47 bits per heavy atom. The summed E-state index contributed by atoms with van der Waals surface area (Å²) >= 11 is 0. The van der Waals surface area contributed by atoms with Crippen molar-refractivity contribution >= 4 is 23.2 Å². The van der Waals surface area contributed by atoms with Crippen LogP contribution in [0.3, 0.4) is 0 Å². The molecule has 0 atom stereocenters. The predicted octanol–water partition coefficient (Wildman–Crippen LogP) is 3.78. The number of hydrogen-bond acceptors (Lipinski definition) is 0. The van der Waals surface area contributed by atoms with Crippen molar-refractivity contribution in [1.29, 1.82) is 0 Å². The van der Waals surface area contributed by atoms with Crippen molar-refractivity contribution < 1.29 is 26.2 Å². The van der Waals surface area contributed by atoms with Crippen LogP contribution in [0.5, 0.6) is 0 Å². The third-order valence-electron chi connectivity index (χ3n) is 3.06. The van der Waals surface area contributed by atoms with E-state index in [9.17, 15) is 0 Å². The summed E-state index contributed by atoms with van der Waals surface area (Å²) in [4.78, 5) is 0. The van der Waals surface area contributed by atoms with Crippen LogP contribution in [0, 0.1) is 6.92 Å². The van der Waals surface area contributed by atoms with Crippen LogP contribution >= 0.6 is 12.4 Å². The first-order valence-electron chi connectivity index (χ1n) is 5.02. The molecule has 1 aliphatic carbocycles. The number of fused-ring (bicyclic) bond motifs is 2. The molecular formula is C13H14ClZr-. The summed E-state index contributed by atoms with van der Waals surface area (Å²) in [7, 11) is 0. The van der Waals surface area contributed by atoms with Crippen molar-refractivity contribution in [3.63, 3.8) is 0 Å². The first-order chi connectivity index (χ1) is 6.33. The Labute approximate surface area is 116 Å². The van der Waals surface area contributed by atoms with Gasteiger partial charge in [-0.05, 0) is 19.3 Å². The zero-order valence-electron chi connectivity index (χ0n) is 8.84. The van der Waals surface area contributed by atoms with Gasteiger partial charge in [-0.1, -0.05) is 18.1 Å². The topological polar surface area (TPSA) is 0 Å². The van der Waals surface area contributed by atoms with E-state index in [1.807, 2.05) is 0 Å². The van der Waals surface area contributed by atoms with Crippen LogP contribution in [0.4, 0.5) is 0 Å². The largest absolute Gasteiger partial charge is 0.165 e. The van der Waals surface area contributed by atoms with Gasteiger partial charge < -0.3 is 0 Å². The Morgan fingerprint density at radius 2 is 1.73 bits per heavy atom. The van der Waals surface area contributed by atoms with Gasteiger partial charge in [0.1, 0.15) is 0 Å². The SMILES string of the molecule is Cc1cc2cc3c(cc2[cH-]1)CCC3.Cl.[Zr]. The van der Waals surface area contributed by atoms with E-state index in [2.05, 4.69) is 31.2 Å². The monoisotopic (exact) mass is 295 g/mol. The van der Waals surface area contributed by atoms with E-state index in [0.717, 1.165) is 0 Å². The summed E-state index contributed by atoms with van der Waals surface area (Å²) in [6.45, 7) is 2.17. The molecule has 0 fully saturated rings. The molecule has 0 heterocycles. The summed E-state index contributed by atoms with van der Waals surface area (Å²) in [5, 5.41) is 2.86. The molecule has 0 radical (unpaired) electrons. The van der Waals surface area contributed by atoms with Crippen molar-refractivity contribution in [2.45, 2.75) is 26.2 Å². The normalized spacial score (nSPS) is 13.1. The minimum atomic E-state index is 0. The van der Waals surface area contributed by atoms with Crippen LogP contribution in [0.2, 0.25) is 0 Å². The fraction of sp³-hybridized carbons (Fsp3) is 0.308. The second-order valence-corrected chi connectivity index (χ2v) is 4.14. The van der Waals surface area contributed by atoms with Crippen LogP contribution in [0.1, 0.15) is 23.1 Å². The van der Waals surface area contributed by atoms with Crippen LogP contribution in [0.25, 0.3) is 10.8 Å². The predicted molar refractivity (Wildman–Crippen MR) is 63.6 cm³/mol. The Hall–Kier alpha value is 0.00312. The molecule has 3 rings (SSSR count). The molecule has 78 valence electrons. The Morgan fingerprint density at radius 1 is 1.07 bits per heavy atom. The average molecular weight is 297 g/mol. The maximum Gasteiger partial charge on any atom is 0 e. The van der Waals surface area contributed by atoms with E-state index >= 15 is 0 Å². The van der Waals surface area contributed by atoms with Gasteiger partial charge in [-0.2, -0.15) is 6.07 Å². The molecule has 15 heavy (non-hydrogen) atoms. The van der Waals surface area contributed by atoms with E-state index in [1.165, 1.54) is 35.6 Å². The van der Waals surface area contributed by atoms with Gasteiger partial charge in [-0.25, -0.2) is 0 Å². The number of aryl methyl sites for hydroxylation is 3. The minimum Gasteiger partial charge on any atom is -0.165 e. The molecule has 1 aliphatic rings. The van der Waals surface area contributed by atoms with Crippen LogP contribution in [0.15, 0.2) is 24.3 Å². The quantitative estimate of drug-likeness (QED) is 0.649. The molecule has 0 amide bonds. The van der Waals surface area contributed by atoms with Gasteiger partial charge in [0.2, 0.25) is 0 Å². The van der Waals surface area contributed by atoms with E-state index in [0.29, 0.717) is 0 Å². The van der Waals surface area contributed by atoms with Crippen molar-refractivity contribution in [1.82, 2.24) is 0 Å². The van der Waals surface area contributed by atoms with Crippen molar-refractivity contribution in [2.24, 2.45) is 0 Å². The molecule has 2 aromatic rings. The summed E-state index contributed by atoms with van der Waals surface area (Å²) in [6, 6.07) is 9.33. The van der Waals surface area contributed by atoms with E-state index in [4.69, 9.17) is 0 Å². The molecule has 0 bridgehead atoms. The summed E-state index contributed by atoms with van der Waals surface area (Å²) < 4.78 is 0. The number of rotatable bonds is 0. The zero-order valence-corrected chi connectivity index (χ0v) is 12.1. The fourth-order valence-electron chi connectivity index (χ4n) is 2.44. The zero-order chi connectivity index (χ0) is 8.84. The third kappa shape index (κ3) is 2.24. The molecule has 0 aromatic heterocycles. The Balaban J connectivity index is 0.000000562. The van der Waals surface area contributed by atoms with E-state index in [1.54, 1.807) is 11.1 Å². The maximum atomic E-state index is 2.38. The molecule has 2 heteroatoms. The smallest absolute Gasteiger partial charge is 0 e. The average Bonchev–Trinajstić information content (AvgIpc) is 2.63. The van der Waals surface area contributed by atoms with Crippen molar-refractivity contribution in [3.8, 4) is 0 Å². The van der Waals surface area contributed by atoms with Crippen molar-refractivity contribution in [3.05, 3.63) is 41.0 Å². The van der Waals surface area contributed by atoms with Gasteiger partial charge in [0.25, 0.3) is 0 Å². The van der Waals surface area contributed by atoms with Gasteiger partial charge in [0.05, 0.1) is 0 Å². The maximum absolute atomic E-state index is 2.38. The number of halogens is 1. The second kappa shape index (κ2) is 4.89. The molecule has 0 saturated heterocycles. The van der Waals surface area contributed by atoms with Crippen LogP contribution < -0.4 is 0 Å². The van der Waals surface area contributed by atoms with Crippen molar-refractivity contribution in [2.75, 3.05) is 0 Å². The Bertz CT molecular complexity index is 430. The van der Waals surface area contributed by atoms with Crippen LogP contribution in [-0.2, 0) is 39.0 Å². The first-order valence-corrected chi connectivity index (χ1v) is 5.02. The molecule has 0 N–H and O–H groups in total. The Kier molecular flexibility index (Phi) is 4.26. The first kappa shape index (κ1) is 13.1. The third-order valence-corrected chi connectivity index (χ3v) is 3.06. The van der Waals surface area contributed by atoms with E-state index in [-0.39, 0.29) is 38.6 Å². The van der Waals surface area contributed by atoms with Gasteiger partial charge >= 0.3 is 0 Å². The summed E-state index contributed by atoms with van der Waals surface area (Å²) in [5.74, 6) is 0. The molecule has 0 spiro atoms. The molecule has 0 aliphatic heterocycles. The van der Waals surface area contributed by atoms with E-state index < -0.39 is 0 Å². The number of hydrogen-bond donors (Lipinski definition) is 0. The fourth-order valence-corrected chi connectivity index (χ4v) is 2.44. The van der Waals surface area contributed by atoms with Gasteiger partial charge in [0, 0.05) is 26.2 Å². The molecule has 2 aromatic carbocycles. The number of benzene rings is 1. The molecule has 0 unspecified atom stereocenters.